The Morgan fingerprint density at radius 2 is 1.81 bits per heavy atom. The van der Waals surface area contributed by atoms with Crippen LogP contribution in [-0.2, 0) is 11.3 Å². The lowest BCUT2D eigenvalue weighted by Crippen LogP contribution is -2.39. The first-order valence-corrected chi connectivity index (χ1v) is 7.12. The van der Waals surface area contributed by atoms with E-state index >= 15 is 0 Å². The fourth-order valence-electron chi connectivity index (χ4n) is 1.79. The third-order valence-corrected chi connectivity index (χ3v) is 3.66. The molecule has 1 amide bonds. The number of nitrogens with zero attached hydrogens (tertiary/aromatic N) is 2. The van der Waals surface area contributed by atoms with E-state index in [-0.39, 0.29) is 12.5 Å². The van der Waals surface area contributed by atoms with Crippen molar-refractivity contribution in [2.75, 3.05) is 24.3 Å². The van der Waals surface area contributed by atoms with Crippen molar-refractivity contribution >= 4 is 40.5 Å². The molecule has 1 N–H and O–H groups in total. The second kappa shape index (κ2) is 6.78. The summed E-state index contributed by atoms with van der Waals surface area (Å²) >= 11 is 11.7. The summed E-state index contributed by atoms with van der Waals surface area (Å²) in [7, 11) is 3.94. The van der Waals surface area contributed by atoms with Crippen LogP contribution in [0.15, 0.2) is 42.7 Å². The Morgan fingerprint density at radius 1 is 1.14 bits per heavy atom. The van der Waals surface area contributed by atoms with E-state index in [2.05, 4.69) is 5.32 Å². The van der Waals surface area contributed by atoms with Gasteiger partial charge in [-0.2, -0.15) is 4.57 Å². The largest absolute Gasteiger partial charge is 0.377 e. The van der Waals surface area contributed by atoms with Gasteiger partial charge >= 0.3 is 0 Å². The Labute approximate surface area is 133 Å². The lowest BCUT2D eigenvalue weighted by molar-refractivity contribution is -0.684. The standard InChI is InChI=1S/C15H15Cl2N3O/c1-19(2)12-5-7-20(8-6-12)10-15(21)18-11-3-4-13(16)14(17)9-11/h3-9H,10H2,1-2H3/p+1. The van der Waals surface area contributed by atoms with Crippen molar-refractivity contribution in [2.45, 2.75) is 6.54 Å². The molecule has 0 aliphatic carbocycles. The van der Waals surface area contributed by atoms with Gasteiger partial charge in [0, 0.05) is 37.6 Å². The molecule has 1 aromatic carbocycles. The highest BCUT2D eigenvalue weighted by Crippen LogP contribution is 2.24. The van der Waals surface area contributed by atoms with Gasteiger partial charge in [0.05, 0.1) is 10.0 Å². The second-order valence-corrected chi connectivity index (χ2v) is 5.61. The minimum Gasteiger partial charge on any atom is -0.377 e. The summed E-state index contributed by atoms with van der Waals surface area (Å²) < 4.78 is 1.81. The summed E-state index contributed by atoms with van der Waals surface area (Å²) in [6.45, 7) is 0.230. The monoisotopic (exact) mass is 324 g/mol. The Bertz CT molecular complexity index is 642. The van der Waals surface area contributed by atoms with E-state index in [9.17, 15) is 4.79 Å². The summed E-state index contributed by atoms with van der Waals surface area (Å²) in [6, 6.07) is 8.89. The van der Waals surface area contributed by atoms with Crippen LogP contribution in [0.5, 0.6) is 0 Å². The van der Waals surface area contributed by atoms with Crippen molar-refractivity contribution in [1.82, 2.24) is 0 Å². The van der Waals surface area contributed by atoms with Gasteiger partial charge in [-0.05, 0) is 18.2 Å². The highest BCUT2D eigenvalue weighted by molar-refractivity contribution is 6.42. The number of amides is 1. The molecule has 0 bridgehead atoms. The molecule has 0 fully saturated rings. The molecule has 2 rings (SSSR count). The molecule has 0 spiro atoms. The molecule has 0 saturated carbocycles. The smallest absolute Gasteiger partial charge is 0.290 e. The topological polar surface area (TPSA) is 36.2 Å². The molecule has 110 valence electrons. The minimum absolute atomic E-state index is 0.129. The number of pyridine rings is 1. The number of nitrogens with one attached hydrogen (secondary N) is 1. The first kappa shape index (κ1) is 15.6. The van der Waals surface area contributed by atoms with E-state index < -0.39 is 0 Å². The number of carbonyl (C=O) groups is 1. The summed E-state index contributed by atoms with van der Waals surface area (Å²) in [4.78, 5) is 14.0. The predicted octanol–water partition coefficient (Wildman–Crippen LogP) is 2.99. The van der Waals surface area contributed by atoms with Gasteiger partial charge in [0.1, 0.15) is 0 Å². The maximum atomic E-state index is 12.0. The molecular weight excluding hydrogens is 309 g/mol. The Morgan fingerprint density at radius 3 is 2.38 bits per heavy atom. The SMILES string of the molecule is CN(C)c1cc[n+](CC(=O)Nc2ccc(Cl)c(Cl)c2)cc1. The van der Waals surface area contributed by atoms with Crippen LogP contribution >= 0.6 is 23.2 Å². The van der Waals surface area contributed by atoms with Crippen LogP contribution in [0.4, 0.5) is 11.4 Å². The maximum absolute atomic E-state index is 12.0. The third-order valence-electron chi connectivity index (χ3n) is 2.92. The molecule has 0 saturated heterocycles. The van der Waals surface area contributed by atoms with Crippen LogP contribution in [0.1, 0.15) is 0 Å². The zero-order chi connectivity index (χ0) is 15.4. The molecule has 2 aromatic rings. The maximum Gasteiger partial charge on any atom is 0.290 e. The second-order valence-electron chi connectivity index (χ2n) is 4.80. The van der Waals surface area contributed by atoms with Crippen molar-refractivity contribution in [1.29, 1.82) is 0 Å². The molecule has 1 heterocycles. The van der Waals surface area contributed by atoms with Gasteiger partial charge in [-0.15, -0.1) is 0 Å². The van der Waals surface area contributed by atoms with Crippen molar-refractivity contribution in [2.24, 2.45) is 0 Å². The molecule has 1 aromatic heterocycles. The number of benzene rings is 1. The first-order valence-electron chi connectivity index (χ1n) is 6.37. The van der Waals surface area contributed by atoms with Crippen molar-refractivity contribution in [3.8, 4) is 0 Å². The highest BCUT2D eigenvalue weighted by Gasteiger charge is 2.10. The first-order chi connectivity index (χ1) is 9.95. The fourth-order valence-corrected chi connectivity index (χ4v) is 2.09. The van der Waals surface area contributed by atoms with Gasteiger partial charge in [0.2, 0.25) is 6.54 Å². The quantitative estimate of drug-likeness (QED) is 0.878. The van der Waals surface area contributed by atoms with E-state index in [1.165, 1.54) is 0 Å². The van der Waals surface area contributed by atoms with Crippen LogP contribution in [0.2, 0.25) is 10.0 Å². The van der Waals surface area contributed by atoms with Gasteiger partial charge < -0.3 is 10.2 Å². The Balaban J connectivity index is 1.99. The highest BCUT2D eigenvalue weighted by atomic mass is 35.5. The number of carbonyl (C=O) groups excluding carboxylic acids is 1. The predicted molar refractivity (Wildman–Crippen MR) is 86.1 cm³/mol. The zero-order valence-corrected chi connectivity index (χ0v) is 13.3. The minimum atomic E-state index is -0.129. The number of halogens is 2. The van der Waals surface area contributed by atoms with Crippen molar-refractivity contribution in [3.05, 3.63) is 52.8 Å². The zero-order valence-electron chi connectivity index (χ0n) is 11.8. The van der Waals surface area contributed by atoms with Crippen LogP contribution in [0.25, 0.3) is 0 Å². The van der Waals surface area contributed by atoms with Crippen LogP contribution in [0.3, 0.4) is 0 Å². The van der Waals surface area contributed by atoms with Crippen molar-refractivity contribution < 1.29 is 9.36 Å². The molecular formula is C15H16Cl2N3O+. The average molecular weight is 325 g/mol. The van der Waals surface area contributed by atoms with E-state index in [0.717, 1.165) is 5.69 Å². The summed E-state index contributed by atoms with van der Waals surface area (Å²) in [5, 5.41) is 3.66. The van der Waals surface area contributed by atoms with E-state index in [1.54, 1.807) is 22.8 Å². The number of anilines is 2. The Kier molecular flexibility index (Phi) is 5.04. The molecule has 0 unspecified atom stereocenters. The molecule has 0 aliphatic rings. The number of rotatable bonds is 4. The van der Waals surface area contributed by atoms with Crippen LogP contribution in [-0.4, -0.2) is 20.0 Å². The molecule has 0 aliphatic heterocycles. The third kappa shape index (κ3) is 4.34. The lowest BCUT2D eigenvalue weighted by Gasteiger charge is -2.10. The molecule has 0 atom stereocenters. The normalized spacial score (nSPS) is 10.3. The lowest BCUT2D eigenvalue weighted by atomic mass is 10.3. The summed E-state index contributed by atoms with van der Waals surface area (Å²) in [5.74, 6) is -0.129. The number of aromatic nitrogens is 1. The van der Waals surface area contributed by atoms with Gasteiger partial charge in [-0.3, -0.25) is 4.79 Å². The summed E-state index contributed by atoms with van der Waals surface area (Å²) in [5.41, 5.74) is 1.70. The average Bonchev–Trinajstić information content (AvgIpc) is 2.43. The fraction of sp³-hybridized carbons (Fsp3) is 0.200. The van der Waals surface area contributed by atoms with Gasteiger partial charge in [-0.1, -0.05) is 23.2 Å². The molecule has 4 nitrogen and oxygen atoms in total. The van der Waals surface area contributed by atoms with Crippen molar-refractivity contribution in [3.63, 3.8) is 0 Å². The van der Waals surface area contributed by atoms with Crippen LogP contribution < -0.4 is 14.8 Å². The van der Waals surface area contributed by atoms with Crippen LogP contribution in [0, 0.1) is 0 Å². The molecule has 21 heavy (non-hydrogen) atoms. The number of hydrogen-bond acceptors (Lipinski definition) is 2. The van der Waals surface area contributed by atoms with E-state index in [1.807, 2.05) is 43.5 Å². The van der Waals surface area contributed by atoms with Gasteiger partial charge in [0.25, 0.3) is 5.91 Å². The Hall–Kier alpha value is -1.78. The van der Waals surface area contributed by atoms with Gasteiger partial charge in [-0.25, -0.2) is 0 Å². The van der Waals surface area contributed by atoms with E-state index in [0.29, 0.717) is 15.7 Å². The van der Waals surface area contributed by atoms with E-state index in [4.69, 9.17) is 23.2 Å². The number of hydrogen-bond donors (Lipinski definition) is 1. The molecule has 6 heteroatoms. The van der Waals surface area contributed by atoms with Gasteiger partial charge in [0.15, 0.2) is 12.4 Å². The summed E-state index contributed by atoms with van der Waals surface area (Å²) in [6.07, 6.45) is 3.73. The molecule has 0 radical (unpaired) electrons.